The van der Waals surface area contributed by atoms with E-state index in [9.17, 15) is 9.59 Å². The van der Waals surface area contributed by atoms with E-state index >= 15 is 0 Å². The molecule has 0 atom stereocenters. The fraction of sp³-hybridized carbons (Fsp3) is 0.273. The first-order valence-electron chi connectivity index (χ1n) is 4.31. The van der Waals surface area contributed by atoms with Gasteiger partial charge in [0.25, 0.3) is 5.56 Å². The highest BCUT2D eigenvalue weighted by Gasteiger charge is 2.14. The van der Waals surface area contributed by atoms with E-state index in [-0.39, 0.29) is 16.9 Å². The molecular weight excluding hydrogens is 178 g/mol. The van der Waals surface area contributed by atoms with Crippen molar-refractivity contribution in [3.63, 3.8) is 0 Å². The minimum absolute atomic E-state index is 0.225. The number of aryl methyl sites for hydroxylation is 2. The third kappa shape index (κ3) is 1.66. The van der Waals surface area contributed by atoms with E-state index in [0.717, 1.165) is 0 Å². The Balaban J connectivity index is 3.48. The molecule has 74 valence electrons. The van der Waals surface area contributed by atoms with Gasteiger partial charge in [0.2, 0.25) is 0 Å². The average Bonchev–Trinajstić information content (AvgIpc) is 2.12. The number of pyridine rings is 1. The molecule has 1 rings (SSSR count). The maximum absolute atomic E-state index is 11.6. The quantitative estimate of drug-likeness (QED) is 0.524. The Morgan fingerprint density at radius 1 is 1.50 bits per heavy atom. The lowest BCUT2D eigenvalue weighted by Crippen LogP contribution is -2.25. The number of allylic oxidation sites excluding steroid dienone is 1. The molecule has 14 heavy (non-hydrogen) atoms. The smallest absolute Gasteiger partial charge is 0.261 e. The molecule has 0 saturated carbocycles. The molecule has 0 fully saturated rings. The van der Waals surface area contributed by atoms with Gasteiger partial charge in [0, 0.05) is 13.2 Å². The molecule has 0 aromatic carbocycles. The van der Waals surface area contributed by atoms with Gasteiger partial charge in [-0.15, -0.1) is 0 Å². The first-order valence-corrected chi connectivity index (χ1v) is 4.31. The maximum Gasteiger partial charge on any atom is 0.261 e. The van der Waals surface area contributed by atoms with Crippen molar-refractivity contribution in [1.29, 1.82) is 0 Å². The van der Waals surface area contributed by atoms with Crippen LogP contribution in [0.4, 0.5) is 0 Å². The van der Waals surface area contributed by atoms with Gasteiger partial charge in [-0.05, 0) is 31.1 Å². The van der Waals surface area contributed by atoms with Gasteiger partial charge >= 0.3 is 0 Å². The van der Waals surface area contributed by atoms with E-state index < -0.39 is 0 Å². The SMILES string of the molecule is C=C(C)C(=O)c1c(C)ccn(C)c1=O. The molecule has 1 heterocycles. The number of hydrogen-bond donors (Lipinski definition) is 0. The van der Waals surface area contributed by atoms with Crippen LogP contribution in [0.25, 0.3) is 0 Å². The fourth-order valence-electron chi connectivity index (χ4n) is 1.21. The Kier molecular flexibility index (Phi) is 2.70. The Morgan fingerprint density at radius 3 is 2.57 bits per heavy atom. The minimum atomic E-state index is -0.274. The maximum atomic E-state index is 11.6. The Bertz CT molecular complexity index is 455. The van der Waals surface area contributed by atoms with Crippen LogP contribution in [-0.4, -0.2) is 10.4 Å². The highest BCUT2D eigenvalue weighted by Crippen LogP contribution is 2.06. The molecule has 3 nitrogen and oxygen atoms in total. The van der Waals surface area contributed by atoms with Crippen molar-refractivity contribution in [2.75, 3.05) is 0 Å². The molecule has 0 spiro atoms. The van der Waals surface area contributed by atoms with Crippen LogP contribution in [-0.2, 0) is 7.05 Å². The van der Waals surface area contributed by atoms with E-state index in [1.54, 1.807) is 33.2 Å². The molecule has 0 aliphatic carbocycles. The van der Waals surface area contributed by atoms with Crippen molar-refractivity contribution < 1.29 is 4.79 Å². The normalized spacial score (nSPS) is 9.93. The largest absolute Gasteiger partial charge is 0.318 e. The lowest BCUT2D eigenvalue weighted by molar-refractivity contribution is 0.103. The summed E-state index contributed by atoms with van der Waals surface area (Å²) in [6.07, 6.45) is 1.65. The Labute approximate surface area is 82.7 Å². The van der Waals surface area contributed by atoms with Crippen LogP contribution in [0.2, 0.25) is 0 Å². The summed E-state index contributed by atoms with van der Waals surface area (Å²) in [5.74, 6) is -0.274. The molecule has 0 radical (unpaired) electrons. The second-order valence-corrected chi connectivity index (χ2v) is 3.40. The molecule has 0 aliphatic heterocycles. The number of carbonyl (C=O) groups excluding carboxylic acids is 1. The van der Waals surface area contributed by atoms with Gasteiger partial charge in [-0.25, -0.2) is 0 Å². The van der Waals surface area contributed by atoms with E-state index in [0.29, 0.717) is 11.1 Å². The zero-order valence-electron chi connectivity index (χ0n) is 8.63. The summed E-state index contributed by atoms with van der Waals surface area (Å²) in [6, 6.07) is 1.75. The van der Waals surface area contributed by atoms with Crippen molar-refractivity contribution in [2.24, 2.45) is 7.05 Å². The van der Waals surface area contributed by atoms with Crippen molar-refractivity contribution in [2.45, 2.75) is 13.8 Å². The van der Waals surface area contributed by atoms with Crippen molar-refractivity contribution in [3.8, 4) is 0 Å². The first kappa shape index (κ1) is 10.4. The van der Waals surface area contributed by atoms with Gasteiger partial charge in [-0.1, -0.05) is 6.58 Å². The monoisotopic (exact) mass is 191 g/mol. The van der Waals surface area contributed by atoms with Crippen LogP contribution in [0.1, 0.15) is 22.8 Å². The predicted molar refractivity (Wildman–Crippen MR) is 55.6 cm³/mol. The number of Topliss-reactive ketones (excluding diaryl/α,β-unsaturated/α-hetero) is 1. The summed E-state index contributed by atoms with van der Waals surface area (Å²) in [5, 5.41) is 0. The third-order valence-corrected chi connectivity index (χ3v) is 2.09. The van der Waals surface area contributed by atoms with Crippen LogP contribution in [0, 0.1) is 6.92 Å². The van der Waals surface area contributed by atoms with Crippen molar-refractivity contribution in [1.82, 2.24) is 4.57 Å². The van der Waals surface area contributed by atoms with E-state index in [4.69, 9.17) is 0 Å². The molecule has 1 aromatic heterocycles. The fourth-order valence-corrected chi connectivity index (χ4v) is 1.21. The molecule has 0 unspecified atom stereocenters. The molecule has 3 heteroatoms. The molecular formula is C11H13NO2. The molecule has 0 amide bonds. The topological polar surface area (TPSA) is 39.1 Å². The van der Waals surface area contributed by atoms with Gasteiger partial charge in [-0.3, -0.25) is 9.59 Å². The van der Waals surface area contributed by atoms with Crippen LogP contribution in [0.15, 0.2) is 29.2 Å². The minimum Gasteiger partial charge on any atom is -0.318 e. The van der Waals surface area contributed by atoms with Crippen molar-refractivity contribution in [3.05, 3.63) is 45.9 Å². The highest BCUT2D eigenvalue weighted by atomic mass is 16.1. The van der Waals surface area contributed by atoms with Crippen LogP contribution >= 0.6 is 0 Å². The van der Waals surface area contributed by atoms with E-state index in [1.165, 1.54) is 4.57 Å². The summed E-state index contributed by atoms with van der Waals surface area (Å²) in [4.78, 5) is 23.3. The molecule has 0 aliphatic rings. The average molecular weight is 191 g/mol. The molecule has 0 bridgehead atoms. The van der Waals surface area contributed by atoms with Gasteiger partial charge in [-0.2, -0.15) is 0 Å². The number of rotatable bonds is 2. The second-order valence-electron chi connectivity index (χ2n) is 3.40. The summed E-state index contributed by atoms with van der Waals surface area (Å²) in [7, 11) is 1.62. The molecule has 0 N–H and O–H groups in total. The lowest BCUT2D eigenvalue weighted by Gasteiger charge is -2.05. The summed E-state index contributed by atoms with van der Waals surface area (Å²) in [5.41, 5.74) is 1.04. The highest BCUT2D eigenvalue weighted by molar-refractivity contribution is 6.08. The summed E-state index contributed by atoms with van der Waals surface area (Å²) in [6.45, 7) is 6.90. The summed E-state index contributed by atoms with van der Waals surface area (Å²) < 4.78 is 1.39. The van der Waals surface area contributed by atoms with Gasteiger partial charge < -0.3 is 4.57 Å². The number of carbonyl (C=O) groups is 1. The zero-order chi connectivity index (χ0) is 10.9. The van der Waals surface area contributed by atoms with E-state index in [2.05, 4.69) is 6.58 Å². The van der Waals surface area contributed by atoms with Crippen LogP contribution in [0.3, 0.4) is 0 Å². The molecule has 0 saturated heterocycles. The molecule has 1 aromatic rings. The standard InChI is InChI=1S/C11H13NO2/c1-7(2)10(13)9-8(3)5-6-12(4)11(9)14/h5-6H,1H2,2-4H3. The van der Waals surface area contributed by atoms with Crippen molar-refractivity contribution >= 4 is 5.78 Å². The number of nitrogens with zero attached hydrogens (tertiary/aromatic N) is 1. The van der Waals surface area contributed by atoms with Gasteiger partial charge in [0.15, 0.2) is 5.78 Å². The van der Waals surface area contributed by atoms with Gasteiger partial charge in [0.1, 0.15) is 0 Å². The van der Waals surface area contributed by atoms with Crippen LogP contribution in [0.5, 0.6) is 0 Å². The Morgan fingerprint density at radius 2 is 2.07 bits per heavy atom. The Hall–Kier alpha value is -1.64. The lowest BCUT2D eigenvalue weighted by atomic mass is 10.0. The first-order chi connectivity index (χ1) is 6.45. The zero-order valence-corrected chi connectivity index (χ0v) is 8.63. The predicted octanol–water partition coefficient (Wildman–Crippen LogP) is 1.45. The number of hydrogen-bond acceptors (Lipinski definition) is 2. The summed E-state index contributed by atoms with van der Waals surface area (Å²) >= 11 is 0. The van der Waals surface area contributed by atoms with Crippen LogP contribution < -0.4 is 5.56 Å². The second kappa shape index (κ2) is 3.62. The number of ketones is 1. The number of aromatic nitrogens is 1. The van der Waals surface area contributed by atoms with Gasteiger partial charge in [0.05, 0.1) is 5.56 Å². The third-order valence-electron chi connectivity index (χ3n) is 2.09. The van der Waals surface area contributed by atoms with E-state index in [1.807, 2.05) is 0 Å².